The summed E-state index contributed by atoms with van der Waals surface area (Å²) in [6, 6.07) is 14.6. The number of hydrogen-bond donors (Lipinski definition) is 1. The second-order valence-electron chi connectivity index (χ2n) is 8.72. The highest BCUT2D eigenvalue weighted by Crippen LogP contribution is 2.38. The fraction of sp³-hybridized carbons (Fsp3) is 0.185. The number of rotatable bonds is 4. The SMILES string of the molecule is CC(=O)Nc1c(C(=O)N(C)C)c(=O)n(C)c2nc(-c3ccc(Cl)cc3C)c(-c3ccc(Cl)cc3)cc12. The number of fused-ring (bicyclic) bond motifs is 1. The van der Waals surface area contributed by atoms with Crippen molar-refractivity contribution in [2.45, 2.75) is 13.8 Å². The molecule has 4 rings (SSSR count). The van der Waals surface area contributed by atoms with Gasteiger partial charge in [-0.1, -0.05) is 41.4 Å². The molecule has 0 aliphatic carbocycles. The number of amides is 2. The molecule has 0 aliphatic rings. The Bertz CT molecular complexity index is 1590. The average Bonchev–Trinajstić information content (AvgIpc) is 2.82. The van der Waals surface area contributed by atoms with Gasteiger partial charge in [0.1, 0.15) is 11.2 Å². The van der Waals surface area contributed by atoms with Gasteiger partial charge in [-0.25, -0.2) is 4.98 Å². The van der Waals surface area contributed by atoms with Crippen LogP contribution in [0.25, 0.3) is 33.4 Å². The molecule has 0 unspecified atom stereocenters. The number of hydrogen-bond acceptors (Lipinski definition) is 4. The number of benzene rings is 2. The fourth-order valence-electron chi connectivity index (χ4n) is 4.12. The van der Waals surface area contributed by atoms with Crippen molar-refractivity contribution >= 4 is 51.7 Å². The molecule has 2 aromatic carbocycles. The molecule has 0 saturated carbocycles. The second-order valence-corrected chi connectivity index (χ2v) is 9.59. The van der Waals surface area contributed by atoms with Crippen LogP contribution in [0, 0.1) is 6.92 Å². The maximum atomic E-state index is 13.4. The van der Waals surface area contributed by atoms with E-state index in [4.69, 9.17) is 28.2 Å². The van der Waals surface area contributed by atoms with Crippen LogP contribution in [0.5, 0.6) is 0 Å². The number of aromatic nitrogens is 2. The normalized spacial score (nSPS) is 11.0. The Morgan fingerprint density at radius 2 is 1.61 bits per heavy atom. The lowest BCUT2D eigenvalue weighted by Crippen LogP contribution is -2.34. The number of carbonyl (C=O) groups excluding carboxylic acids is 2. The number of nitrogens with one attached hydrogen (secondary N) is 1. The summed E-state index contributed by atoms with van der Waals surface area (Å²) in [4.78, 5) is 44.8. The van der Waals surface area contributed by atoms with Crippen LogP contribution in [-0.2, 0) is 11.8 Å². The van der Waals surface area contributed by atoms with Crippen molar-refractivity contribution in [1.82, 2.24) is 14.5 Å². The van der Waals surface area contributed by atoms with Crippen LogP contribution in [-0.4, -0.2) is 40.4 Å². The molecule has 1 N–H and O–H groups in total. The van der Waals surface area contributed by atoms with Gasteiger partial charge in [0, 0.05) is 54.6 Å². The van der Waals surface area contributed by atoms with Gasteiger partial charge in [-0.2, -0.15) is 0 Å². The van der Waals surface area contributed by atoms with Crippen LogP contribution in [0.15, 0.2) is 53.3 Å². The zero-order valence-electron chi connectivity index (χ0n) is 20.4. The van der Waals surface area contributed by atoms with Crippen molar-refractivity contribution in [3.63, 3.8) is 0 Å². The van der Waals surface area contributed by atoms with Gasteiger partial charge in [0.15, 0.2) is 0 Å². The predicted molar refractivity (Wildman–Crippen MR) is 145 cm³/mol. The van der Waals surface area contributed by atoms with E-state index < -0.39 is 17.4 Å². The van der Waals surface area contributed by atoms with Crippen molar-refractivity contribution in [2.75, 3.05) is 19.4 Å². The summed E-state index contributed by atoms with van der Waals surface area (Å²) in [7, 11) is 4.66. The van der Waals surface area contributed by atoms with Crippen LogP contribution in [0.3, 0.4) is 0 Å². The molecule has 7 nitrogen and oxygen atoms in total. The Labute approximate surface area is 218 Å². The van der Waals surface area contributed by atoms with Gasteiger partial charge in [0.05, 0.1) is 11.4 Å². The smallest absolute Gasteiger partial charge is 0.266 e. The van der Waals surface area contributed by atoms with Gasteiger partial charge in [-0.15, -0.1) is 0 Å². The number of anilines is 1. The minimum absolute atomic E-state index is 0.126. The van der Waals surface area contributed by atoms with Gasteiger partial charge in [0.25, 0.3) is 11.5 Å². The summed E-state index contributed by atoms with van der Waals surface area (Å²) in [5.41, 5.74) is 3.65. The number of halogens is 2. The third kappa shape index (κ3) is 4.59. The van der Waals surface area contributed by atoms with Crippen molar-refractivity contribution in [1.29, 1.82) is 0 Å². The first-order valence-electron chi connectivity index (χ1n) is 11.1. The topological polar surface area (TPSA) is 84.3 Å². The van der Waals surface area contributed by atoms with Crippen LogP contribution in [0.2, 0.25) is 10.0 Å². The number of nitrogens with zero attached hydrogens (tertiary/aromatic N) is 3. The van der Waals surface area contributed by atoms with E-state index in [2.05, 4.69) is 5.32 Å². The van der Waals surface area contributed by atoms with Crippen molar-refractivity contribution in [2.24, 2.45) is 7.05 Å². The van der Waals surface area contributed by atoms with Gasteiger partial charge in [-0.05, 0) is 48.4 Å². The van der Waals surface area contributed by atoms with Crippen LogP contribution >= 0.6 is 23.2 Å². The molecule has 184 valence electrons. The molecule has 0 aliphatic heterocycles. The first kappa shape index (κ1) is 25.4. The average molecular weight is 523 g/mol. The Hall–Kier alpha value is -3.68. The standard InChI is InChI=1S/C27H24Cl2N4O3/c1-14-12-18(29)10-11-19(14)23-20(16-6-8-17(28)9-7-16)13-21-24(30-15(2)34)22(26(35)32(3)4)27(36)33(5)25(21)31-23/h6-13H,1-5H3,(H,30,34). The van der Waals surface area contributed by atoms with E-state index in [9.17, 15) is 14.4 Å². The third-order valence-corrected chi connectivity index (χ3v) is 6.36. The van der Waals surface area contributed by atoms with E-state index >= 15 is 0 Å². The summed E-state index contributed by atoms with van der Waals surface area (Å²) in [5, 5.41) is 4.34. The molecule has 0 radical (unpaired) electrons. The van der Waals surface area contributed by atoms with Crippen molar-refractivity contribution in [3.8, 4) is 22.4 Å². The van der Waals surface area contributed by atoms with Crippen LogP contribution < -0.4 is 10.9 Å². The van der Waals surface area contributed by atoms with E-state index in [0.717, 1.165) is 22.3 Å². The Kier molecular flexibility index (Phi) is 6.89. The highest BCUT2D eigenvalue weighted by molar-refractivity contribution is 6.31. The van der Waals surface area contributed by atoms with Crippen molar-refractivity contribution in [3.05, 3.63) is 80.1 Å². The quantitative estimate of drug-likeness (QED) is 0.381. The summed E-state index contributed by atoms with van der Waals surface area (Å²) in [6.45, 7) is 3.26. The monoisotopic (exact) mass is 522 g/mol. The molecule has 36 heavy (non-hydrogen) atoms. The van der Waals surface area contributed by atoms with E-state index in [-0.39, 0.29) is 11.3 Å². The van der Waals surface area contributed by atoms with Gasteiger partial charge in [0.2, 0.25) is 5.91 Å². The lowest BCUT2D eigenvalue weighted by atomic mass is 9.95. The molecule has 0 fully saturated rings. The molecular weight excluding hydrogens is 499 g/mol. The second kappa shape index (κ2) is 9.76. The minimum atomic E-state index is -0.560. The molecule has 2 aromatic heterocycles. The summed E-state index contributed by atoms with van der Waals surface area (Å²) >= 11 is 12.3. The Balaban J connectivity index is 2.20. The van der Waals surface area contributed by atoms with Gasteiger partial charge in [-0.3, -0.25) is 19.0 Å². The molecule has 0 atom stereocenters. The van der Waals surface area contributed by atoms with Gasteiger partial charge >= 0.3 is 0 Å². The zero-order valence-corrected chi connectivity index (χ0v) is 22.0. The summed E-state index contributed by atoms with van der Waals surface area (Å²) in [5.74, 6) is -0.935. The molecule has 0 spiro atoms. The summed E-state index contributed by atoms with van der Waals surface area (Å²) in [6.07, 6.45) is 0. The lowest BCUT2D eigenvalue weighted by molar-refractivity contribution is -0.114. The Morgan fingerprint density at radius 3 is 2.19 bits per heavy atom. The Morgan fingerprint density at radius 1 is 0.972 bits per heavy atom. The first-order valence-corrected chi connectivity index (χ1v) is 11.8. The molecule has 2 heterocycles. The number of pyridine rings is 2. The van der Waals surface area contributed by atoms with Gasteiger partial charge < -0.3 is 10.2 Å². The zero-order chi connectivity index (χ0) is 26.3. The number of aryl methyl sites for hydroxylation is 2. The third-order valence-electron chi connectivity index (χ3n) is 5.88. The lowest BCUT2D eigenvalue weighted by Gasteiger charge is -2.20. The molecule has 2 amide bonds. The molecule has 0 saturated heterocycles. The highest BCUT2D eigenvalue weighted by atomic mass is 35.5. The fourth-order valence-corrected chi connectivity index (χ4v) is 4.48. The first-order chi connectivity index (χ1) is 17.0. The van der Waals surface area contributed by atoms with Crippen LogP contribution in [0.1, 0.15) is 22.8 Å². The number of carbonyl (C=O) groups is 2. The molecule has 9 heteroatoms. The van der Waals surface area contributed by atoms with E-state index in [1.807, 2.05) is 37.3 Å². The molecule has 4 aromatic rings. The van der Waals surface area contributed by atoms with Crippen LogP contribution in [0.4, 0.5) is 5.69 Å². The largest absolute Gasteiger partial charge is 0.345 e. The molecular formula is C27H24Cl2N4O3. The van der Waals surface area contributed by atoms with E-state index in [1.54, 1.807) is 39.3 Å². The molecule has 0 bridgehead atoms. The van der Waals surface area contributed by atoms with Crippen molar-refractivity contribution < 1.29 is 9.59 Å². The summed E-state index contributed by atoms with van der Waals surface area (Å²) < 4.78 is 1.33. The minimum Gasteiger partial charge on any atom is -0.345 e. The highest BCUT2D eigenvalue weighted by Gasteiger charge is 2.26. The maximum Gasteiger partial charge on any atom is 0.266 e. The predicted octanol–water partition coefficient (Wildman–Crippen LogP) is 5.54. The van der Waals surface area contributed by atoms with E-state index in [1.165, 1.54) is 16.4 Å². The maximum absolute atomic E-state index is 13.4. The van der Waals surface area contributed by atoms with E-state index in [0.29, 0.717) is 26.8 Å².